The molecule has 0 aromatic carbocycles. The molecule has 108 valence electrons. The molecule has 0 radical (unpaired) electrons. The van der Waals surface area contributed by atoms with Gasteiger partial charge in [0.1, 0.15) is 6.54 Å². The van der Waals surface area contributed by atoms with Crippen molar-refractivity contribution in [3.63, 3.8) is 0 Å². The molecular formula is C14H24N2O3. The molecule has 2 saturated carbocycles. The van der Waals surface area contributed by atoms with Gasteiger partial charge in [0, 0.05) is 19.6 Å². The zero-order valence-electron chi connectivity index (χ0n) is 11.7. The van der Waals surface area contributed by atoms with Crippen LogP contribution in [-0.2, 0) is 4.79 Å². The highest BCUT2D eigenvalue weighted by Gasteiger charge is 2.31. The van der Waals surface area contributed by atoms with Gasteiger partial charge in [-0.05, 0) is 44.4 Å². The Morgan fingerprint density at radius 3 is 2.05 bits per heavy atom. The number of rotatable bonds is 7. The first kappa shape index (κ1) is 14.2. The Balaban J connectivity index is 1.91. The molecule has 0 unspecified atom stereocenters. The minimum Gasteiger partial charge on any atom is -0.480 e. The van der Waals surface area contributed by atoms with E-state index >= 15 is 0 Å². The van der Waals surface area contributed by atoms with Crippen LogP contribution in [-0.4, -0.2) is 53.1 Å². The Morgan fingerprint density at radius 1 is 1.05 bits per heavy atom. The molecule has 19 heavy (non-hydrogen) atoms. The predicted molar refractivity (Wildman–Crippen MR) is 71.9 cm³/mol. The van der Waals surface area contributed by atoms with Crippen LogP contribution < -0.4 is 0 Å². The summed E-state index contributed by atoms with van der Waals surface area (Å²) in [5, 5.41) is 8.95. The van der Waals surface area contributed by atoms with E-state index in [-0.39, 0.29) is 12.6 Å². The van der Waals surface area contributed by atoms with Crippen LogP contribution in [0.5, 0.6) is 0 Å². The number of carbonyl (C=O) groups excluding carboxylic acids is 1. The van der Waals surface area contributed by atoms with Crippen molar-refractivity contribution < 1.29 is 14.7 Å². The van der Waals surface area contributed by atoms with Gasteiger partial charge in [-0.2, -0.15) is 0 Å². The molecule has 0 aromatic rings. The number of hydrogen-bond donors (Lipinski definition) is 1. The second kappa shape index (κ2) is 6.26. The Hall–Kier alpha value is -1.26. The molecule has 2 aliphatic rings. The molecule has 0 bridgehead atoms. The van der Waals surface area contributed by atoms with E-state index in [1.807, 2.05) is 11.8 Å². The van der Waals surface area contributed by atoms with Crippen molar-refractivity contribution in [1.82, 2.24) is 9.80 Å². The van der Waals surface area contributed by atoms with Gasteiger partial charge in [0.2, 0.25) is 0 Å². The van der Waals surface area contributed by atoms with E-state index in [0.29, 0.717) is 24.9 Å². The molecule has 0 aromatic heterocycles. The van der Waals surface area contributed by atoms with Crippen LogP contribution in [0.1, 0.15) is 39.0 Å². The fourth-order valence-corrected chi connectivity index (χ4v) is 2.52. The van der Waals surface area contributed by atoms with Gasteiger partial charge in [-0.15, -0.1) is 0 Å². The van der Waals surface area contributed by atoms with Crippen LogP contribution >= 0.6 is 0 Å². The van der Waals surface area contributed by atoms with Gasteiger partial charge in [-0.3, -0.25) is 4.79 Å². The number of carboxylic acids is 1. The molecule has 1 N–H and O–H groups in total. The minimum absolute atomic E-state index is 0.0938. The fourth-order valence-electron chi connectivity index (χ4n) is 2.52. The van der Waals surface area contributed by atoms with Crippen molar-refractivity contribution in [3.05, 3.63) is 0 Å². The lowest BCUT2D eigenvalue weighted by atomic mass is 9.85. The van der Waals surface area contributed by atoms with Crippen molar-refractivity contribution in [2.75, 3.05) is 26.2 Å². The lowest BCUT2D eigenvalue weighted by Gasteiger charge is -2.34. The largest absolute Gasteiger partial charge is 0.480 e. The molecule has 2 rings (SSSR count). The topological polar surface area (TPSA) is 60.9 Å². The molecule has 0 heterocycles. The van der Waals surface area contributed by atoms with Crippen molar-refractivity contribution in [2.45, 2.75) is 39.0 Å². The Bertz CT molecular complexity index is 338. The Morgan fingerprint density at radius 2 is 1.63 bits per heavy atom. The monoisotopic (exact) mass is 268 g/mol. The van der Waals surface area contributed by atoms with Gasteiger partial charge in [-0.1, -0.05) is 6.42 Å². The summed E-state index contributed by atoms with van der Waals surface area (Å²) in [5.41, 5.74) is 0. The van der Waals surface area contributed by atoms with Gasteiger partial charge in [-0.25, -0.2) is 4.79 Å². The quantitative estimate of drug-likeness (QED) is 0.768. The van der Waals surface area contributed by atoms with Crippen molar-refractivity contribution in [2.24, 2.45) is 11.8 Å². The Kier molecular flexibility index (Phi) is 4.66. The second-order valence-corrected chi connectivity index (χ2v) is 5.84. The lowest BCUT2D eigenvalue weighted by molar-refractivity contribution is -0.137. The van der Waals surface area contributed by atoms with Crippen molar-refractivity contribution in [3.8, 4) is 0 Å². The van der Waals surface area contributed by atoms with Crippen molar-refractivity contribution >= 4 is 12.0 Å². The maximum absolute atomic E-state index is 12.4. The maximum atomic E-state index is 12.4. The summed E-state index contributed by atoms with van der Waals surface area (Å²) in [6, 6.07) is -0.0938. The first-order chi connectivity index (χ1) is 9.10. The first-order valence-electron chi connectivity index (χ1n) is 7.35. The second-order valence-electron chi connectivity index (χ2n) is 5.84. The molecule has 0 saturated heterocycles. The lowest BCUT2D eigenvalue weighted by Crippen LogP contribution is -2.48. The number of nitrogens with zero attached hydrogens (tertiary/aromatic N) is 2. The Labute approximate surface area is 114 Å². The highest BCUT2D eigenvalue weighted by atomic mass is 16.4. The van der Waals surface area contributed by atoms with Gasteiger partial charge in [0.25, 0.3) is 0 Å². The number of urea groups is 1. The molecule has 5 heteroatoms. The first-order valence-corrected chi connectivity index (χ1v) is 7.35. The highest BCUT2D eigenvalue weighted by molar-refractivity contribution is 5.80. The molecule has 0 atom stereocenters. The van der Waals surface area contributed by atoms with E-state index in [4.69, 9.17) is 5.11 Å². The average Bonchev–Trinajstić information content (AvgIpc) is 3.09. The SMILES string of the molecule is CCN(CC1CCC1)C(=O)N(CC(=O)O)CC1CC1. The van der Waals surface area contributed by atoms with E-state index < -0.39 is 5.97 Å². The van der Waals surface area contributed by atoms with Crippen LogP contribution in [0, 0.1) is 11.8 Å². The molecule has 2 fully saturated rings. The van der Waals surface area contributed by atoms with E-state index in [1.54, 1.807) is 0 Å². The number of hydrogen-bond acceptors (Lipinski definition) is 2. The van der Waals surface area contributed by atoms with Crippen LogP contribution in [0.3, 0.4) is 0 Å². The summed E-state index contributed by atoms with van der Waals surface area (Å²) >= 11 is 0. The minimum atomic E-state index is -0.923. The summed E-state index contributed by atoms with van der Waals surface area (Å²) < 4.78 is 0. The van der Waals surface area contributed by atoms with E-state index in [2.05, 4.69) is 0 Å². The molecule has 0 aliphatic heterocycles. The summed E-state index contributed by atoms with van der Waals surface area (Å²) in [4.78, 5) is 26.7. The highest BCUT2D eigenvalue weighted by Crippen LogP contribution is 2.30. The third-order valence-corrected chi connectivity index (χ3v) is 4.13. The van der Waals surface area contributed by atoms with Crippen LogP contribution in [0.2, 0.25) is 0 Å². The van der Waals surface area contributed by atoms with E-state index in [0.717, 1.165) is 19.4 Å². The van der Waals surface area contributed by atoms with Gasteiger partial charge in [0.15, 0.2) is 0 Å². The summed E-state index contributed by atoms with van der Waals surface area (Å²) in [5.74, 6) is 0.218. The number of amides is 2. The van der Waals surface area contributed by atoms with Crippen LogP contribution in [0.25, 0.3) is 0 Å². The number of carbonyl (C=O) groups is 2. The molecular weight excluding hydrogens is 244 g/mol. The maximum Gasteiger partial charge on any atom is 0.323 e. The van der Waals surface area contributed by atoms with Gasteiger partial charge >= 0.3 is 12.0 Å². The van der Waals surface area contributed by atoms with Gasteiger partial charge in [0.05, 0.1) is 0 Å². The zero-order valence-corrected chi connectivity index (χ0v) is 11.7. The molecule has 2 amide bonds. The summed E-state index contributed by atoms with van der Waals surface area (Å²) in [7, 11) is 0. The fraction of sp³-hybridized carbons (Fsp3) is 0.857. The standard InChI is InChI=1S/C14H24N2O3/c1-2-15(8-11-4-3-5-11)14(19)16(10-13(17)18)9-12-6-7-12/h11-12H,2-10H2,1H3,(H,17,18). The number of carboxylic acid groups (broad SMARTS) is 1. The normalized spacial score (nSPS) is 18.8. The van der Waals surface area contributed by atoms with Gasteiger partial charge < -0.3 is 14.9 Å². The van der Waals surface area contributed by atoms with Crippen molar-refractivity contribution in [1.29, 1.82) is 0 Å². The van der Waals surface area contributed by atoms with Crippen LogP contribution in [0.15, 0.2) is 0 Å². The van der Waals surface area contributed by atoms with E-state index in [9.17, 15) is 9.59 Å². The smallest absolute Gasteiger partial charge is 0.323 e. The third-order valence-electron chi connectivity index (χ3n) is 4.13. The van der Waals surface area contributed by atoms with E-state index in [1.165, 1.54) is 24.2 Å². The zero-order chi connectivity index (χ0) is 13.8. The van der Waals surface area contributed by atoms with Crippen LogP contribution in [0.4, 0.5) is 4.79 Å². The third kappa shape index (κ3) is 4.11. The predicted octanol–water partition coefficient (Wildman–Crippen LogP) is 2.02. The average molecular weight is 268 g/mol. The molecule has 0 spiro atoms. The summed E-state index contributed by atoms with van der Waals surface area (Å²) in [6.45, 7) is 3.85. The summed E-state index contributed by atoms with van der Waals surface area (Å²) in [6.07, 6.45) is 5.91. The molecule has 5 nitrogen and oxygen atoms in total. The number of aliphatic carboxylic acids is 1. The molecule has 2 aliphatic carbocycles.